The molecule has 0 radical (unpaired) electrons. The number of hydrogen-bond acceptors (Lipinski definition) is 5. The standard InChI is InChI=1S/C26H35N5O2/c1-17-13-18(2)22(19(3)14-17)15-23-20(4)29-25-24(16-28-31(25)21(23)5)26(32)27-7-6-8-30-9-11-33-12-10-30/h13-14,16H,6-12,15H2,1-5H3,(H,27,32). The van der Waals surface area contributed by atoms with Gasteiger partial charge in [0.15, 0.2) is 5.65 Å². The predicted molar refractivity (Wildman–Crippen MR) is 130 cm³/mol. The number of fused-ring (bicyclic) bond motifs is 1. The van der Waals surface area contributed by atoms with Crippen LogP contribution >= 0.6 is 0 Å². The third kappa shape index (κ3) is 5.09. The molecule has 1 aliphatic rings. The normalized spacial score (nSPS) is 14.7. The number of morpholine rings is 1. The summed E-state index contributed by atoms with van der Waals surface area (Å²) >= 11 is 0. The minimum Gasteiger partial charge on any atom is -0.379 e. The summed E-state index contributed by atoms with van der Waals surface area (Å²) in [7, 11) is 0. The summed E-state index contributed by atoms with van der Waals surface area (Å²) in [4.78, 5) is 20.0. The average Bonchev–Trinajstić information content (AvgIpc) is 3.20. The quantitative estimate of drug-likeness (QED) is 0.561. The molecule has 1 saturated heterocycles. The van der Waals surface area contributed by atoms with Crippen molar-refractivity contribution in [3.05, 3.63) is 63.1 Å². The first-order chi connectivity index (χ1) is 15.8. The van der Waals surface area contributed by atoms with Crippen LogP contribution in [0.25, 0.3) is 5.65 Å². The molecule has 1 N–H and O–H groups in total. The maximum Gasteiger partial charge on any atom is 0.256 e. The van der Waals surface area contributed by atoms with Gasteiger partial charge in [0.2, 0.25) is 0 Å². The van der Waals surface area contributed by atoms with E-state index >= 15 is 0 Å². The molecule has 3 aromatic rings. The maximum absolute atomic E-state index is 12.9. The number of nitrogens with one attached hydrogen (secondary N) is 1. The highest BCUT2D eigenvalue weighted by Gasteiger charge is 2.19. The second-order valence-corrected chi connectivity index (χ2v) is 9.17. The van der Waals surface area contributed by atoms with Gasteiger partial charge in [-0.25, -0.2) is 9.50 Å². The van der Waals surface area contributed by atoms with Crippen LogP contribution < -0.4 is 5.32 Å². The molecule has 4 rings (SSSR count). The van der Waals surface area contributed by atoms with Crippen LogP contribution in [-0.2, 0) is 11.2 Å². The molecule has 3 heterocycles. The first kappa shape index (κ1) is 23.4. The summed E-state index contributed by atoms with van der Waals surface area (Å²) < 4.78 is 7.19. The zero-order valence-corrected chi connectivity index (χ0v) is 20.5. The molecule has 0 spiro atoms. The predicted octanol–water partition coefficient (Wildman–Crippen LogP) is 3.31. The molecule has 0 unspecified atom stereocenters. The van der Waals surface area contributed by atoms with Crippen LogP contribution in [0.1, 0.15) is 56.0 Å². The first-order valence-corrected chi connectivity index (χ1v) is 11.8. The second kappa shape index (κ2) is 10.0. The molecule has 0 atom stereocenters. The van der Waals surface area contributed by atoms with Gasteiger partial charge in [0.1, 0.15) is 5.56 Å². The molecule has 7 heteroatoms. The highest BCUT2D eigenvalue weighted by Crippen LogP contribution is 2.24. The van der Waals surface area contributed by atoms with Crippen molar-refractivity contribution >= 4 is 11.6 Å². The molecule has 0 aliphatic carbocycles. The lowest BCUT2D eigenvalue weighted by Gasteiger charge is -2.26. The van der Waals surface area contributed by atoms with Crippen molar-refractivity contribution < 1.29 is 9.53 Å². The summed E-state index contributed by atoms with van der Waals surface area (Å²) in [5.74, 6) is -0.115. The van der Waals surface area contributed by atoms with Gasteiger partial charge in [-0.05, 0) is 69.8 Å². The van der Waals surface area contributed by atoms with Crippen molar-refractivity contribution in [2.75, 3.05) is 39.4 Å². The minimum absolute atomic E-state index is 0.115. The molecular weight excluding hydrogens is 414 g/mol. The van der Waals surface area contributed by atoms with E-state index in [9.17, 15) is 4.79 Å². The summed E-state index contributed by atoms with van der Waals surface area (Å²) in [5.41, 5.74) is 9.50. The summed E-state index contributed by atoms with van der Waals surface area (Å²) in [6.45, 7) is 15.7. The van der Waals surface area contributed by atoms with Crippen LogP contribution in [0.2, 0.25) is 0 Å². The monoisotopic (exact) mass is 449 g/mol. The molecule has 7 nitrogen and oxygen atoms in total. The van der Waals surface area contributed by atoms with Crippen molar-refractivity contribution in [1.29, 1.82) is 0 Å². The van der Waals surface area contributed by atoms with Gasteiger partial charge in [-0.2, -0.15) is 5.10 Å². The Morgan fingerprint density at radius 3 is 2.45 bits per heavy atom. The Morgan fingerprint density at radius 2 is 1.76 bits per heavy atom. The maximum atomic E-state index is 12.9. The second-order valence-electron chi connectivity index (χ2n) is 9.17. The van der Waals surface area contributed by atoms with Crippen LogP contribution in [0.4, 0.5) is 0 Å². The molecular formula is C26H35N5O2. The summed E-state index contributed by atoms with van der Waals surface area (Å²) in [5, 5.41) is 7.55. The number of amides is 1. The number of benzene rings is 1. The number of carbonyl (C=O) groups is 1. The Hall–Kier alpha value is -2.77. The van der Waals surface area contributed by atoms with E-state index in [0.29, 0.717) is 17.8 Å². The van der Waals surface area contributed by atoms with E-state index in [4.69, 9.17) is 9.72 Å². The van der Waals surface area contributed by atoms with Crippen LogP contribution in [0, 0.1) is 34.6 Å². The highest BCUT2D eigenvalue weighted by molar-refractivity contribution is 5.99. The average molecular weight is 450 g/mol. The smallest absolute Gasteiger partial charge is 0.256 e. The van der Waals surface area contributed by atoms with Crippen molar-refractivity contribution in [3.8, 4) is 0 Å². The van der Waals surface area contributed by atoms with Crippen molar-refractivity contribution in [3.63, 3.8) is 0 Å². The molecule has 176 valence electrons. The summed E-state index contributed by atoms with van der Waals surface area (Å²) in [6.07, 6.45) is 3.36. The van der Waals surface area contributed by atoms with Gasteiger partial charge in [0.05, 0.1) is 19.4 Å². The van der Waals surface area contributed by atoms with E-state index in [1.165, 1.54) is 22.3 Å². The zero-order valence-electron chi connectivity index (χ0n) is 20.5. The van der Waals surface area contributed by atoms with Gasteiger partial charge in [0.25, 0.3) is 5.91 Å². The molecule has 1 amide bonds. The van der Waals surface area contributed by atoms with Gasteiger partial charge in [-0.15, -0.1) is 0 Å². The molecule has 2 aromatic heterocycles. The molecule has 1 aliphatic heterocycles. The Balaban J connectivity index is 1.49. The number of nitrogens with zero attached hydrogens (tertiary/aromatic N) is 4. The molecule has 0 bridgehead atoms. The van der Waals surface area contributed by atoms with Crippen LogP contribution in [0.15, 0.2) is 18.3 Å². The first-order valence-electron chi connectivity index (χ1n) is 11.8. The van der Waals surface area contributed by atoms with Gasteiger partial charge in [-0.3, -0.25) is 9.69 Å². The van der Waals surface area contributed by atoms with Gasteiger partial charge in [0, 0.05) is 37.4 Å². The number of aryl methyl sites for hydroxylation is 5. The number of aromatic nitrogens is 3. The minimum atomic E-state index is -0.115. The Kier molecular flexibility index (Phi) is 7.10. The van der Waals surface area contributed by atoms with Crippen LogP contribution in [0.3, 0.4) is 0 Å². The lowest BCUT2D eigenvalue weighted by Crippen LogP contribution is -2.38. The van der Waals surface area contributed by atoms with Crippen LogP contribution in [0.5, 0.6) is 0 Å². The Bertz CT molecular complexity index is 1140. The zero-order chi connectivity index (χ0) is 23.5. The van der Waals surface area contributed by atoms with Crippen molar-refractivity contribution in [2.45, 2.75) is 47.5 Å². The Labute approximate surface area is 196 Å². The van der Waals surface area contributed by atoms with Crippen LogP contribution in [-0.4, -0.2) is 64.8 Å². The van der Waals surface area contributed by atoms with Gasteiger partial charge >= 0.3 is 0 Å². The molecule has 1 aromatic carbocycles. The van der Waals surface area contributed by atoms with E-state index in [0.717, 1.165) is 62.6 Å². The molecule has 1 fully saturated rings. The van der Waals surface area contributed by atoms with E-state index in [-0.39, 0.29) is 5.91 Å². The number of ether oxygens (including phenoxy) is 1. The van der Waals surface area contributed by atoms with Gasteiger partial charge < -0.3 is 10.1 Å². The lowest BCUT2D eigenvalue weighted by molar-refractivity contribution is 0.0374. The number of hydrogen-bond donors (Lipinski definition) is 1. The van der Waals surface area contributed by atoms with E-state index in [1.807, 2.05) is 11.4 Å². The fraction of sp³-hybridized carbons (Fsp3) is 0.500. The fourth-order valence-electron chi connectivity index (χ4n) is 4.82. The lowest BCUT2D eigenvalue weighted by atomic mass is 9.93. The number of carbonyl (C=O) groups excluding carboxylic acids is 1. The van der Waals surface area contributed by atoms with E-state index in [2.05, 4.69) is 55.1 Å². The molecule has 33 heavy (non-hydrogen) atoms. The third-order valence-corrected chi connectivity index (χ3v) is 6.69. The number of rotatable bonds is 7. The highest BCUT2D eigenvalue weighted by atomic mass is 16.5. The molecule has 0 saturated carbocycles. The van der Waals surface area contributed by atoms with Crippen molar-refractivity contribution in [2.24, 2.45) is 0 Å². The van der Waals surface area contributed by atoms with Crippen molar-refractivity contribution in [1.82, 2.24) is 24.8 Å². The third-order valence-electron chi connectivity index (χ3n) is 6.69. The summed E-state index contributed by atoms with van der Waals surface area (Å²) in [6, 6.07) is 4.46. The Morgan fingerprint density at radius 1 is 1.06 bits per heavy atom. The fourth-order valence-corrected chi connectivity index (χ4v) is 4.82. The van der Waals surface area contributed by atoms with Gasteiger partial charge in [-0.1, -0.05) is 17.7 Å². The topological polar surface area (TPSA) is 71.8 Å². The SMILES string of the molecule is Cc1cc(C)c(Cc2c(C)nc3c(C(=O)NCCCN4CCOCC4)cnn3c2C)c(C)c1. The van der Waals surface area contributed by atoms with E-state index in [1.54, 1.807) is 6.20 Å². The van der Waals surface area contributed by atoms with E-state index < -0.39 is 0 Å². The largest absolute Gasteiger partial charge is 0.379 e.